The van der Waals surface area contributed by atoms with Crippen molar-refractivity contribution in [3.63, 3.8) is 0 Å². The number of hydrogen-bond acceptors (Lipinski definition) is 2. The van der Waals surface area contributed by atoms with Gasteiger partial charge in [-0.3, -0.25) is 4.79 Å². The van der Waals surface area contributed by atoms with Gasteiger partial charge in [0.05, 0.1) is 5.92 Å². The summed E-state index contributed by atoms with van der Waals surface area (Å²) in [5.74, 6) is -0.847. The van der Waals surface area contributed by atoms with Crippen LogP contribution in [0.5, 0.6) is 0 Å². The predicted molar refractivity (Wildman–Crippen MR) is 94.4 cm³/mol. The highest BCUT2D eigenvalue weighted by Crippen LogP contribution is 2.30. The quantitative estimate of drug-likeness (QED) is 0.638. The summed E-state index contributed by atoms with van der Waals surface area (Å²) >= 11 is 1.77. The second-order valence-corrected chi connectivity index (χ2v) is 6.18. The molecule has 0 aromatic carbocycles. The van der Waals surface area contributed by atoms with Gasteiger partial charge in [-0.1, -0.05) is 39.3 Å². The molecule has 1 N–H and O–H groups in total. The minimum absolute atomic E-state index is 0.185. The first kappa shape index (κ1) is 20.0. The molecule has 1 atom stereocenters. The molecule has 3 heteroatoms. The summed E-state index contributed by atoms with van der Waals surface area (Å²) in [6, 6.07) is 0. The van der Waals surface area contributed by atoms with Crippen molar-refractivity contribution in [3.8, 4) is 0 Å². The van der Waals surface area contributed by atoms with Crippen LogP contribution in [-0.2, 0) is 4.79 Å². The van der Waals surface area contributed by atoms with Gasteiger partial charge >= 0.3 is 5.97 Å². The van der Waals surface area contributed by atoms with Crippen molar-refractivity contribution < 1.29 is 9.90 Å². The van der Waals surface area contributed by atoms with Crippen molar-refractivity contribution in [1.82, 2.24) is 0 Å². The lowest BCUT2D eigenvalue weighted by Crippen LogP contribution is -2.16. The second-order valence-electron chi connectivity index (χ2n) is 5.06. The van der Waals surface area contributed by atoms with E-state index in [4.69, 9.17) is 5.11 Å². The molecule has 0 aliphatic heterocycles. The number of aliphatic carboxylic acids is 1. The molecule has 0 fully saturated rings. The van der Waals surface area contributed by atoms with Crippen LogP contribution in [0.25, 0.3) is 0 Å². The van der Waals surface area contributed by atoms with Crippen LogP contribution in [-0.4, -0.2) is 11.1 Å². The first-order valence-corrected chi connectivity index (χ1v) is 8.85. The molecule has 1 aliphatic carbocycles. The standard InChI is InChI=1S/C16H24O2S.C2H6/c1-4-5-6-13(3)19-11-12(2)14-7-9-15(10-8-14)16(17)18;1-2/h6-7,11,15H,4-5,8-10H2,1-3H3,(H,17,18);1-2H3/b12-11+,13-6+;. The van der Waals surface area contributed by atoms with E-state index in [1.807, 2.05) is 13.8 Å². The smallest absolute Gasteiger partial charge is 0.306 e. The van der Waals surface area contributed by atoms with Crippen molar-refractivity contribution in [1.29, 1.82) is 0 Å². The zero-order valence-electron chi connectivity index (χ0n) is 14.1. The normalized spacial score (nSPS) is 19.5. The van der Waals surface area contributed by atoms with E-state index in [9.17, 15) is 4.79 Å². The van der Waals surface area contributed by atoms with E-state index in [1.54, 1.807) is 11.8 Å². The maximum Gasteiger partial charge on any atom is 0.306 e. The lowest BCUT2D eigenvalue weighted by Gasteiger charge is -2.19. The highest BCUT2D eigenvalue weighted by molar-refractivity contribution is 8.05. The van der Waals surface area contributed by atoms with Gasteiger partial charge in [0.1, 0.15) is 0 Å². The Labute approximate surface area is 134 Å². The minimum atomic E-state index is -0.662. The number of hydrogen-bond donors (Lipinski definition) is 1. The minimum Gasteiger partial charge on any atom is -0.481 e. The topological polar surface area (TPSA) is 37.3 Å². The molecular formula is C18H30O2S. The fourth-order valence-electron chi connectivity index (χ4n) is 2.07. The third kappa shape index (κ3) is 8.15. The van der Waals surface area contributed by atoms with Crippen LogP contribution in [0.3, 0.4) is 0 Å². The Bertz CT molecular complexity index is 405. The molecule has 1 unspecified atom stereocenters. The molecule has 0 aromatic heterocycles. The summed E-state index contributed by atoms with van der Waals surface area (Å²) in [6.45, 7) is 10.4. The summed E-state index contributed by atoms with van der Waals surface area (Å²) in [5, 5.41) is 11.2. The summed E-state index contributed by atoms with van der Waals surface area (Å²) < 4.78 is 0. The molecule has 1 rings (SSSR count). The Kier molecular flexibility index (Phi) is 11.1. The van der Waals surface area contributed by atoms with Gasteiger partial charge in [-0.05, 0) is 61.0 Å². The maximum atomic E-state index is 10.9. The Morgan fingerprint density at radius 1 is 1.43 bits per heavy atom. The van der Waals surface area contributed by atoms with E-state index in [-0.39, 0.29) is 5.92 Å². The summed E-state index contributed by atoms with van der Waals surface area (Å²) in [5.41, 5.74) is 2.59. The number of unbranched alkanes of at least 4 members (excludes halogenated alkanes) is 1. The van der Waals surface area contributed by atoms with E-state index in [0.717, 1.165) is 19.3 Å². The molecule has 21 heavy (non-hydrogen) atoms. The van der Waals surface area contributed by atoms with Gasteiger partial charge in [0, 0.05) is 0 Å². The summed E-state index contributed by atoms with van der Waals surface area (Å²) in [7, 11) is 0. The molecule has 0 spiro atoms. The van der Waals surface area contributed by atoms with Gasteiger partial charge in [-0.2, -0.15) is 0 Å². The Morgan fingerprint density at radius 2 is 2.10 bits per heavy atom. The molecule has 0 heterocycles. The molecule has 120 valence electrons. The third-order valence-electron chi connectivity index (χ3n) is 3.41. The van der Waals surface area contributed by atoms with Crippen LogP contribution in [0.15, 0.2) is 33.6 Å². The summed E-state index contributed by atoms with van der Waals surface area (Å²) in [4.78, 5) is 12.2. The SMILES string of the molecule is CC.CCC/C=C(\C)S/C=C(\C)C1=CCC(C(=O)O)CC1. The van der Waals surface area contributed by atoms with E-state index in [0.29, 0.717) is 6.42 Å². The van der Waals surface area contributed by atoms with E-state index in [1.165, 1.54) is 22.5 Å². The van der Waals surface area contributed by atoms with E-state index >= 15 is 0 Å². The van der Waals surface area contributed by atoms with Gasteiger partial charge < -0.3 is 5.11 Å². The average molecular weight is 311 g/mol. The lowest BCUT2D eigenvalue weighted by atomic mass is 9.87. The average Bonchev–Trinajstić information content (AvgIpc) is 2.52. The fourth-order valence-corrected chi connectivity index (χ4v) is 2.80. The van der Waals surface area contributed by atoms with Gasteiger partial charge in [-0.15, -0.1) is 11.8 Å². The predicted octanol–water partition coefficient (Wildman–Crippen LogP) is 6.16. The van der Waals surface area contributed by atoms with Crippen molar-refractivity contribution >= 4 is 17.7 Å². The molecule has 2 nitrogen and oxygen atoms in total. The molecule has 0 saturated heterocycles. The number of carboxylic acids is 1. The molecule has 0 radical (unpaired) electrons. The van der Waals surface area contributed by atoms with Gasteiger partial charge in [0.25, 0.3) is 0 Å². The summed E-state index contributed by atoms with van der Waals surface area (Å²) in [6.07, 6.45) is 9.01. The fraction of sp³-hybridized carbons (Fsp3) is 0.611. The molecular weight excluding hydrogens is 280 g/mol. The van der Waals surface area contributed by atoms with Crippen molar-refractivity contribution in [2.75, 3.05) is 0 Å². The largest absolute Gasteiger partial charge is 0.481 e. The number of rotatable bonds is 6. The maximum absolute atomic E-state index is 10.9. The zero-order chi connectivity index (χ0) is 16.3. The highest BCUT2D eigenvalue weighted by atomic mass is 32.2. The monoisotopic (exact) mass is 310 g/mol. The van der Waals surface area contributed by atoms with Crippen LogP contribution in [0, 0.1) is 5.92 Å². The van der Waals surface area contributed by atoms with Crippen molar-refractivity contribution in [2.24, 2.45) is 5.92 Å². The number of carboxylic acid groups (broad SMARTS) is 1. The van der Waals surface area contributed by atoms with Crippen LogP contribution in [0.4, 0.5) is 0 Å². The van der Waals surface area contributed by atoms with Crippen LogP contribution in [0.1, 0.15) is 66.7 Å². The Hall–Kier alpha value is -0.960. The second kappa shape index (κ2) is 11.7. The molecule has 0 aromatic rings. The molecule has 0 saturated carbocycles. The number of carbonyl (C=O) groups is 1. The van der Waals surface area contributed by atoms with E-state index in [2.05, 4.69) is 38.3 Å². The Morgan fingerprint density at radius 3 is 2.57 bits per heavy atom. The van der Waals surface area contributed by atoms with Crippen LogP contribution < -0.4 is 0 Å². The Balaban J connectivity index is 0.00000191. The first-order valence-electron chi connectivity index (χ1n) is 7.97. The third-order valence-corrected chi connectivity index (χ3v) is 4.42. The molecule has 0 amide bonds. The highest BCUT2D eigenvalue weighted by Gasteiger charge is 2.20. The van der Waals surface area contributed by atoms with Crippen LogP contribution in [0.2, 0.25) is 0 Å². The van der Waals surface area contributed by atoms with E-state index < -0.39 is 5.97 Å². The van der Waals surface area contributed by atoms with Gasteiger partial charge in [-0.25, -0.2) is 0 Å². The van der Waals surface area contributed by atoms with Gasteiger partial charge in [0.15, 0.2) is 0 Å². The van der Waals surface area contributed by atoms with Crippen molar-refractivity contribution in [2.45, 2.75) is 66.7 Å². The lowest BCUT2D eigenvalue weighted by molar-refractivity contribution is -0.141. The zero-order valence-corrected chi connectivity index (χ0v) is 14.9. The number of allylic oxidation sites excluding steroid dienone is 5. The molecule has 0 bridgehead atoms. The number of thioether (sulfide) groups is 1. The molecule has 1 aliphatic rings. The van der Waals surface area contributed by atoms with Gasteiger partial charge in [0.2, 0.25) is 0 Å². The first-order chi connectivity index (χ1) is 10.0. The van der Waals surface area contributed by atoms with Crippen molar-refractivity contribution in [3.05, 3.63) is 33.6 Å². The van der Waals surface area contributed by atoms with Crippen LogP contribution >= 0.6 is 11.8 Å².